The molecule has 2 fully saturated rings. The summed E-state index contributed by atoms with van der Waals surface area (Å²) in [6.07, 6.45) is 3.57. The lowest BCUT2D eigenvalue weighted by atomic mass is 10.0. The van der Waals surface area contributed by atoms with Gasteiger partial charge in [0.1, 0.15) is 6.04 Å². The number of benzene rings is 1. The number of hydrogen-bond donors (Lipinski definition) is 1. The van der Waals surface area contributed by atoms with Gasteiger partial charge in [-0.15, -0.1) is 0 Å². The number of aromatic nitrogens is 2. The molecule has 4 rings (SSSR count). The summed E-state index contributed by atoms with van der Waals surface area (Å²) in [7, 11) is 0. The van der Waals surface area contributed by atoms with E-state index in [2.05, 4.69) is 14.8 Å². The summed E-state index contributed by atoms with van der Waals surface area (Å²) < 4.78 is 5.20. The monoisotopic (exact) mass is 413 g/mol. The third-order valence-electron chi connectivity index (χ3n) is 6.01. The molecule has 2 saturated heterocycles. The molecule has 1 unspecified atom stereocenters. The quantitative estimate of drug-likeness (QED) is 0.756. The summed E-state index contributed by atoms with van der Waals surface area (Å²) in [6.45, 7) is 6.51. The number of nitrogens with one attached hydrogen (secondary N) is 1. The van der Waals surface area contributed by atoms with Crippen LogP contribution in [0.5, 0.6) is 0 Å². The Balaban J connectivity index is 1.36. The van der Waals surface area contributed by atoms with Crippen LogP contribution in [0.2, 0.25) is 0 Å². The van der Waals surface area contributed by atoms with Gasteiger partial charge in [0.2, 0.25) is 11.9 Å². The molecule has 0 bridgehead atoms. The molecule has 1 N–H and O–H groups in total. The molecule has 1 amide bonds. The number of esters is 1. The van der Waals surface area contributed by atoms with E-state index < -0.39 is 6.04 Å². The Morgan fingerprint density at radius 3 is 2.80 bits per heavy atom. The molecule has 1 aromatic heterocycles. The summed E-state index contributed by atoms with van der Waals surface area (Å²) in [5.41, 5.74) is 2.01. The normalized spacial score (nSPS) is 20.9. The average Bonchev–Trinajstić information content (AvgIpc) is 3.06. The number of likely N-dealkylation sites (tertiary alicyclic amines) is 1. The van der Waals surface area contributed by atoms with Gasteiger partial charge < -0.3 is 19.5 Å². The van der Waals surface area contributed by atoms with Crippen LogP contribution in [0.4, 0.5) is 5.95 Å². The van der Waals surface area contributed by atoms with Gasteiger partial charge in [0.25, 0.3) is 0 Å². The highest BCUT2D eigenvalue weighted by Crippen LogP contribution is 2.20. The van der Waals surface area contributed by atoms with Crippen molar-refractivity contribution in [1.82, 2.24) is 19.8 Å². The Morgan fingerprint density at radius 1 is 1.10 bits per heavy atom. The molecule has 1 aromatic carbocycles. The molecule has 1 atom stereocenters. The lowest BCUT2D eigenvalue weighted by molar-refractivity contribution is -0.157. The molecule has 2 aliphatic rings. The molecule has 2 aromatic rings. The fraction of sp³-hybridized carbons (Fsp3) is 0.591. The minimum absolute atomic E-state index is 0.0324. The van der Waals surface area contributed by atoms with Crippen molar-refractivity contribution in [3.63, 3.8) is 0 Å². The van der Waals surface area contributed by atoms with Crippen LogP contribution >= 0.6 is 0 Å². The number of piperidine rings is 1. The molecular formula is C22H31N5O3. The van der Waals surface area contributed by atoms with Crippen molar-refractivity contribution in [2.45, 2.75) is 38.6 Å². The van der Waals surface area contributed by atoms with Crippen LogP contribution < -0.4 is 4.90 Å². The highest BCUT2D eigenvalue weighted by atomic mass is 16.5. The van der Waals surface area contributed by atoms with Crippen LogP contribution in [0.25, 0.3) is 11.0 Å². The van der Waals surface area contributed by atoms with Crippen LogP contribution in [0, 0.1) is 0 Å². The zero-order valence-electron chi connectivity index (χ0n) is 17.7. The number of carbonyl (C=O) groups excluding carboxylic acids is 2. The summed E-state index contributed by atoms with van der Waals surface area (Å²) in [4.78, 5) is 39.6. The van der Waals surface area contributed by atoms with Crippen LogP contribution in [0.15, 0.2) is 24.3 Å². The Labute approximate surface area is 177 Å². The average molecular weight is 414 g/mol. The molecule has 0 saturated carbocycles. The molecule has 0 radical (unpaired) electrons. The van der Waals surface area contributed by atoms with Crippen molar-refractivity contribution >= 4 is 28.9 Å². The number of hydrogen-bond acceptors (Lipinski definition) is 6. The maximum Gasteiger partial charge on any atom is 0.328 e. The third-order valence-corrected chi connectivity index (χ3v) is 6.01. The predicted octanol–water partition coefficient (Wildman–Crippen LogP) is 2.02. The van der Waals surface area contributed by atoms with Gasteiger partial charge in [0.15, 0.2) is 0 Å². The van der Waals surface area contributed by atoms with Gasteiger partial charge in [0.05, 0.1) is 24.2 Å². The van der Waals surface area contributed by atoms with Crippen LogP contribution in [0.3, 0.4) is 0 Å². The number of aromatic amines is 1. The first-order chi connectivity index (χ1) is 14.7. The van der Waals surface area contributed by atoms with E-state index in [0.29, 0.717) is 26.1 Å². The molecule has 8 heteroatoms. The number of para-hydroxylation sites is 2. The van der Waals surface area contributed by atoms with Crippen LogP contribution in [0.1, 0.15) is 32.6 Å². The van der Waals surface area contributed by atoms with Gasteiger partial charge in [-0.05, 0) is 44.7 Å². The molecule has 0 spiro atoms. The SMILES string of the molecule is CCOC(=O)C1CCCCN1C(=O)CN1CCCN(c2nc3ccccc3[nH]2)CC1. The zero-order chi connectivity index (χ0) is 20.9. The zero-order valence-corrected chi connectivity index (χ0v) is 17.7. The van der Waals surface area contributed by atoms with E-state index in [9.17, 15) is 9.59 Å². The van der Waals surface area contributed by atoms with Gasteiger partial charge in [-0.1, -0.05) is 12.1 Å². The maximum absolute atomic E-state index is 13.0. The van der Waals surface area contributed by atoms with E-state index in [0.717, 1.165) is 62.4 Å². The minimum atomic E-state index is -0.426. The molecule has 162 valence electrons. The Morgan fingerprint density at radius 2 is 1.97 bits per heavy atom. The summed E-state index contributed by atoms with van der Waals surface area (Å²) in [5, 5.41) is 0. The van der Waals surface area contributed by atoms with Crippen molar-refractivity contribution in [3.8, 4) is 0 Å². The maximum atomic E-state index is 13.0. The van der Waals surface area contributed by atoms with Crippen molar-refractivity contribution in [3.05, 3.63) is 24.3 Å². The van der Waals surface area contributed by atoms with E-state index in [-0.39, 0.29) is 11.9 Å². The molecule has 30 heavy (non-hydrogen) atoms. The van der Waals surface area contributed by atoms with Gasteiger partial charge in [0, 0.05) is 32.7 Å². The second-order valence-corrected chi connectivity index (χ2v) is 8.05. The lowest BCUT2D eigenvalue weighted by Gasteiger charge is -2.35. The van der Waals surface area contributed by atoms with Crippen molar-refractivity contribution in [2.75, 3.05) is 50.8 Å². The van der Waals surface area contributed by atoms with Gasteiger partial charge >= 0.3 is 5.97 Å². The summed E-state index contributed by atoms with van der Waals surface area (Å²) >= 11 is 0. The van der Waals surface area contributed by atoms with Crippen molar-refractivity contribution in [1.29, 1.82) is 0 Å². The second-order valence-electron chi connectivity index (χ2n) is 8.05. The van der Waals surface area contributed by atoms with E-state index in [1.165, 1.54) is 0 Å². The highest BCUT2D eigenvalue weighted by Gasteiger charge is 2.33. The fourth-order valence-corrected chi connectivity index (χ4v) is 4.43. The minimum Gasteiger partial charge on any atom is -0.464 e. The fourth-order valence-electron chi connectivity index (χ4n) is 4.43. The van der Waals surface area contributed by atoms with E-state index in [4.69, 9.17) is 9.72 Å². The summed E-state index contributed by atoms with van der Waals surface area (Å²) in [5.74, 6) is 0.658. The molecular weight excluding hydrogens is 382 g/mol. The molecule has 0 aliphatic carbocycles. The summed E-state index contributed by atoms with van der Waals surface area (Å²) in [6, 6.07) is 7.62. The number of imidazole rings is 1. The Kier molecular flexibility index (Phi) is 6.52. The number of ether oxygens (including phenoxy) is 1. The topological polar surface area (TPSA) is 81.8 Å². The second kappa shape index (κ2) is 9.47. The van der Waals surface area contributed by atoms with Crippen LogP contribution in [-0.4, -0.2) is 83.6 Å². The van der Waals surface area contributed by atoms with Gasteiger partial charge in [-0.25, -0.2) is 9.78 Å². The number of amides is 1. The van der Waals surface area contributed by atoms with Crippen molar-refractivity contribution < 1.29 is 14.3 Å². The molecule has 2 aliphatic heterocycles. The van der Waals surface area contributed by atoms with Gasteiger partial charge in [-0.3, -0.25) is 9.69 Å². The van der Waals surface area contributed by atoms with E-state index in [1.54, 1.807) is 11.8 Å². The number of H-pyrrole nitrogens is 1. The third kappa shape index (κ3) is 4.59. The number of nitrogens with zero attached hydrogens (tertiary/aromatic N) is 4. The first kappa shape index (κ1) is 20.7. The Hall–Kier alpha value is -2.61. The molecule has 3 heterocycles. The predicted molar refractivity (Wildman–Crippen MR) is 115 cm³/mol. The van der Waals surface area contributed by atoms with Crippen molar-refractivity contribution in [2.24, 2.45) is 0 Å². The van der Waals surface area contributed by atoms with E-state index >= 15 is 0 Å². The Bertz CT molecular complexity index is 850. The van der Waals surface area contributed by atoms with E-state index in [1.807, 2.05) is 24.3 Å². The molecule has 8 nitrogen and oxygen atoms in total. The number of carbonyl (C=O) groups is 2. The standard InChI is InChI=1S/C22H31N5O3/c1-2-30-21(29)19-10-5-6-13-27(19)20(28)16-25-11-7-12-26(15-14-25)22-23-17-8-3-4-9-18(17)24-22/h3-4,8-9,19H,2,5-7,10-16H2,1H3,(H,23,24). The number of fused-ring (bicyclic) bond motifs is 1. The smallest absolute Gasteiger partial charge is 0.328 e. The number of rotatable bonds is 5. The first-order valence-electron chi connectivity index (χ1n) is 11.0. The largest absolute Gasteiger partial charge is 0.464 e. The van der Waals surface area contributed by atoms with Gasteiger partial charge in [-0.2, -0.15) is 0 Å². The first-order valence-corrected chi connectivity index (χ1v) is 11.0. The highest BCUT2D eigenvalue weighted by molar-refractivity contribution is 5.86. The number of anilines is 1. The lowest BCUT2D eigenvalue weighted by Crippen LogP contribution is -2.52. The van der Waals surface area contributed by atoms with Crippen LogP contribution in [-0.2, 0) is 14.3 Å².